The average Bonchev–Trinajstić information content (AvgIpc) is 3.37. The fraction of sp³-hybridized carbons (Fsp3) is 0.273. The molecule has 0 N–H and O–H groups in total. The molecular formula is C22H19ClN4O3S. The van der Waals surface area contributed by atoms with Crippen LogP contribution in [0.25, 0.3) is 10.2 Å². The highest BCUT2D eigenvalue weighted by Gasteiger charge is 2.31. The molecule has 0 unspecified atom stereocenters. The van der Waals surface area contributed by atoms with Crippen molar-refractivity contribution in [3.05, 3.63) is 53.1 Å². The van der Waals surface area contributed by atoms with Crippen LogP contribution in [0.3, 0.4) is 0 Å². The largest absolute Gasteiger partial charge is 0.345 e. The van der Waals surface area contributed by atoms with E-state index in [1.54, 1.807) is 40.5 Å². The second kappa shape index (κ2) is 7.94. The number of amides is 3. The Balaban J connectivity index is 1.29. The number of rotatable bonds is 3. The molecule has 7 nitrogen and oxygen atoms in total. The fourth-order valence-corrected chi connectivity index (χ4v) is 5.28. The molecule has 0 saturated carbocycles. The summed E-state index contributed by atoms with van der Waals surface area (Å²) < 4.78 is 1.05. The molecule has 1 aromatic heterocycles. The van der Waals surface area contributed by atoms with Crippen molar-refractivity contribution in [1.29, 1.82) is 0 Å². The van der Waals surface area contributed by atoms with Gasteiger partial charge in [-0.1, -0.05) is 35.1 Å². The zero-order valence-electron chi connectivity index (χ0n) is 16.6. The molecule has 3 amide bonds. The van der Waals surface area contributed by atoms with Gasteiger partial charge in [0.05, 0.1) is 15.4 Å². The van der Waals surface area contributed by atoms with Crippen molar-refractivity contribution in [2.45, 2.75) is 12.8 Å². The highest BCUT2D eigenvalue weighted by molar-refractivity contribution is 7.22. The van der Waals surface area contributed by atoms with Gasteiger partial charge in [0, 0.05) is 44.6 Å². The maximum Gasteiger partial charge on any atom is 0.254 e. The van der Waals surface area contributed by atoms with Gasteiger partial charge in [0.2, 0.25) is 11.8 Å². The minimum Gasteiger partial charge on any atom is -0.345 e. The number of carbonyl (C=O) groups is 3. The zero-order valence-corrected chi connectivity index (χ0v) is 18.2. The van der Waals surface area contributed by atoms with Gasteiger partial charge in [-0.3, -0.25) is 19.3 Å². The Kier molecular flexibility index (Phi) is 5.11. The van der Waals surface area contributed by atoms with E-state index in [4.69, 9.17) is 11.6 Å². The second-order valence-electron chi connectivity index (χ2n) is 7.54. The number of anilines is 2. The van der Waals surface area contributed by atoms with Gasteiger partial charge in [0.15, 0.2) is 5.13 Å². The number of halogens is 1. The minimum atomic E-state index is -0.223. The molecule has 0 atom stereocenters. The highest BCUT2D eigenvalue weighted by atomic mass is 35.5. The molecule has 0 spiro atoms. The van der Waals surface area contributed by atoms with Crippen molar-refractivity contribution in [1.82, 2.24) is 9.88 Å². The quantitative estimate of drug-likeness (QED) is 0.566. The van der Waals surface area contributed by atoms with Crippen molar-refractivity contribution in [2.75, 3.05) is 36.0 Å². The number of hydrogen-bond acceptors (Lipinski definition) is 6. The molecule has 5 rings (SSSR count). The number of piperazine rings is 1. The van der Waals surface area contributed by atoms with Gasteiger partial charge < -0.3 is 9.80 Å². The van der Waals surface area contributed by atoms with E-state index in [1.807, 2.05) is 18.2 Å². The summed E-state index contributed by atoms with van der Waals surface area (Å²) in [6.07, 6.45) is 0.436. The van der Waals surface area contributed by atoms with Gasteiger partial charge >= 0.3 is 0 Å². The lowest BCUT2D eigenvalue weighted by atomic mass is 10.1. The van der Waals surface area contributed by atoms with E-state index < -0.39 is 0 Å². The van der Waals surface area contributed by atoms with Gasteiger partial charge in [-0.15, -0.1) is 0 Å². The smallest absolute Gasteiger partial charge is 0.254 e. The van der Waals surface area contributed by atoms with Crippen molar-refractivity contribution >= 4 is 61.7 Å². The average molecular weight is 455 g/mol. The van der Waals surface area contributed by atoms with E-state index in [0.29, 0.717) is 42.5 Å². The molecule has 3 heterocycles. The number of hydrogen-bond donors (Lipinski definition) is 0. The van der Waals surface area contributed by atoms with Crippen molar-refractivity contribution in [3.8, 4) is 0 Å². The maximum absolute atomic E-state index is 13.0. The number of thiazole rings is 1. The summed E-state index contributed by atoms with van der Waals surface area (Å²) in [5.41, 5.74) is 1.75. The molecule has 0 bridgehead atoms. The monoisotopic (exact) mass is 454 g/mol. The molecule has 31 heavy (non-hydrogen) atoms. The number of benzene rings is 2. The number of imide groups is 1. The number of nitrogens with zero attached hydrogens (tertiary/aromatic N) is 4. The summed E-state index contributed by atoms with van der Waals surface area (Å²) >= 11 is 7.84. The van der Waals surface area contributed by atoms with E-state index in [0.717, 1.165) is 15.3 Å². The van der Waals surface area contributed by atoms with E-state index in [1.165, 1.54) is 4.90 Å². The molecule has 9 heteroatoms. The third kappa shape index (κ3) is 3.66. The van der Waals surface area contributed by atoms with Gasteiger partial charge in [0.1, 0.15) is 5.52 Å². The third-order valence-corrected chi connectivity index (χ3v) is 6.99. The third-order valence-electron chi connectivity index (χ3n) is 5.60. The van der Waals surface area contributed by atoms with E-state index >= 15 is 0 Å². The molecule has 3 aromatic rings. The van der Waals surface area contributed by atoms with Crippen LogP contribution in [-0.4, -0.2) is 53.8 Å². The van der Waals surface area contributed by atoms with Crippen LogP contribution in [0.2, 0.25) is 5.02 Å². The first-order valence-electron chi connectivity index (χ1n) is 10.1. The van der Waals surface area contributed by atoms with E-state index in [9.17, 15) is 14.4 Å². The Labute approximate surface area is 187 Å². The summed E-state index contributed by atoms with van der Waals surface area (Å²) in [5.74, 6) is -0.550. The lowest BCUT2D eigenvalue weighted by Gasteiger charge is -2.34. The molecule has 0 radical (unpaired) electrons. The molecule has 2 saturated heterocycles. The van der Waals surface area contributed by atoms with Crippen molar-refractivity contribution in [2.24, 2.45) is 0 Å². The molecule has 2 aliphatic heterocycles. The minimum absolute atomic E-state index is 0.104. The van der Waals surface area contributed by atoms with Crippen LogP contribution in [0.5, 0.6) is 0 Å². The van der Waals surface area contributed by atoms with Gasteiger partial charge in [-0.25, -0.2) is 4.98 Å². The molecule has 158 valence electrons. The summed E-state index contributed by atoms with van der Waals surface area (Å²) in [7, 11) is 0. The van der Waals surface area contributed by atoms with Gasteiger partial charge in [-0.05, 0) is 30.3 Å². The van der Waals surface area contributed by atoms with Crippen LogP contribution in [0, 0.1) is 0 Å². The van der Waals surface area contributed by atoms with E-state index in [2.05, 4.69) is 9.88 Å². The number of para-hydroxylation sites is 1. The van der Waals surface area contributed by atoms with Crippen molar-refractivity contribution < 1.29 is 14.4 Å². The normalized spacial score (nSPS) is 17.1. The zero-order chi connectivity index (χ0) is 21.5. The fourth-order valence-electron chi connectivity index (χ4n) is 3.96. The van der Waals surface area contributed by atoms with Crippen LogP contribution in [0.4, 0.5) is 10.8 Å². The Hall–Kier alpha value is -2.97. The number of fused-ring (bicyclic) bond motifs is 1. The summed E-state index contributed by atoms with van der Waals surface area (Å²) in [6.45, 7) is 2.47. The van der Waals surface area contributed by atoms with Crippen LogP contribution < -0.4 is 9.80 Å². The summed E-state index contributed by atoms with van der Waals surface area (Å²) in [6, 6.07) is 12.5. The topological polar surface area (TPSA) is 73.8 Å². The van der Waals surface area contributed by atoms with Gasteiger partial charge in [-0.2, -0.15) is 0 Å². The molecule has 2 fully saturated rings. The molecule has 0 aliphatic carbocycles. The Morgan fingerprint density at radius 1 is 0.968 bits per heavy atom. The molecule has 2 aromatic carbocycles. The molecular weight excluding hydrogens is 436 g/mol. The first-order chi connectivity index (χ1) is 15.0. The predicted octanol–water partition coefficient (Wildman–Crippen LogP) is 3.57. The first kappa shape index (κ1) is 20.0. The Morgan fingerprint density at radius 3 is 2.39 bits per heavy atom. The second-order valence-corrected chi connectivity index (χ2v) is 8.95. The first-order valence-corrected chi connectivity index (χ1v) is 11.3. The standard InChI is InChI=1S/C22H19ClN4O3S/c23-16-5-2-6-17-20(16)24-22(31-17)26-11-9-25(10-12-26)21(30)14-3-1-4-15(13-14)27-18(28)7-8-19(27)29/h1-6,13H,7-12H2. The number of carbonyl (C=O) groups excluding carboxylic acids is 3. The summed E-state index contributed by atoms with van der Waals surface area (Å²) in [4.78, 5) is 46.9. The lowest BCUT2D eigenvalue weighted by Crippen LogP contribution is -2.48. The van der Waals surface area contributed by atoms with Crippen molar-refractivity contribution in [3.63, 3.8) is 0 Å². The van der Waals surface area contributed by atoms with Crippen LogP contribution >= 0.6 is 22.9 Å². The highest BCUT2D eigenvalue weighted by Crippen LogP contribution is 2.33. The van der Waals surface area contributed by atoms with Gasteiger partial charge in [0.25, 0.3) is 5.91 Å². The molecule has 2 aliphatic rings. The Bertz CT molecular complexity index is 1190. The maximum atomic E-state index is 13.0. The SMILES string of the molecule is O=C(c1cccc(N2C(=O)CCC2=O)c1)N1CCN(c2nc3c(Cl)cccc3s2)CC1. The van der Waals surface area contributed by atoms with Crippen LogP contribution in [-0.2, 0) is 9.59 Å². The summed E-state index contributed by atoms with van der Waals surface area (Å²) in [5, 5.41) is 1.55. The van der Waals surface area contributed by atoms with E-state index in [-0.39, 0.29) is 30.6 Å². The number of aromatic nitrogens is 1. The van der Waals surface area contributed by atoms with Crippen LogP contribution in [0.1, 0.15) is 23.2 Å². The lowest BCUT2D eigenvalue weighted by molar-refractivity contribution is -0.121. The predicted molar refractivity (Wildman–Crippen MR) is 121 cm³/mol. The Morgan fingerprint density at radius 2 is 1.68 bits per heavy atom. The van der Waals surface area contributed by atoms with Crippen LogP contribution in [0.15, 0.2) is 42.5 Å².